The maximum Gasteiger partial charge on any atom is 0.402 e. The normalized spacial score (nSPS) is 32.2. The van der Waals surface area contributed by atoms with Gasteiger partial charge in [0, 0.05) is 36.4 Å². The van der Waals surface area contributed by atoms with Gasteiger partial charge in [-0.1, -0.05) is 12.1 Å². The van der Waals surface area contributed by atoms with Crippen LogP contribution in [0.25, 0.3) is 34.4 Å². The van der Waals surface area contributed by atoms with Gasteiger partial charge in [-0.3, -0.25) is 0 Å². The number of carbonyl (C=O) groups is 2. The Kier molecular flexibility index (Phi) is 20.7. The van der Waals surface area contributed by atoms with E-state index in [0.717, 1.165) is 54.6 Å². The second kappa shape index (κ2) is 28.0. The largest absolute Gasteiger partial charge is 0.504 e. The van der Waals surface area contributed by atoms with E-state index in [-0.39, 0.29) is 50.7 Å². The molecule has 20 N–H and O–H groups in total. The minimum absolute atomic E-state index is 0.00472. The first-order chi connectivity index (χ1) is 42.7. The van der Waals surface area contributed by atoms with E-state index in [1.807, 2.05) is 0 Å². The van der Waals surface area contributed by atoms with E-state index >= 15 is 0 Å². The highest BCUT2D eigenvalue weighted by molar-refractivity contribution is 5.88. The molecule has 5 aromatic rings. The molecule has 33 nitrogen and oxygen atoms in total. The van der Waals surface area contributed by atoms with Crippen LogP contribution < -0.4 is 18.9 Å². The molecule has 488 valence electrons. The van der Waals surface area contributed by atoms with E-state index in [2.05, 4.69) is 0 Å². The van der Waals surface area contributed by atoms with Crippen LogP contribution in [0.15, 0.2) is 83.3 Å². The standard InChI is InChI=1S/C57H62O33/c58-16-34-41(68)45(72)49(76)54(87-34)83-29-5-1-20(9-24(29)60)3-7-38(65)80-18-36-43(70)47(74)51(78)55(89-36)84-30-6-2-21(10-25(30)61)4-8-39(66)81-19-37-44(71)48(75)52(79)56(90-37)85-32-13-22-14-33(86-57-50(77)46(73)42(69)35(17-59)88-57)53(82-31(22)15-26(32)62)23-11-27(63)40(67)28(64)12-23/h1-15,34-37,41-52,54-59,68-79H,16-19H2,(H5-,60,61,62,63,64,67)/p+1/b7-3+,8-4+/t34-,35-,36-,37-,41-,42-,43-,44-,45+,46+,47+,48+,49-,50-,51-,52-,54-,55-,56-,57-/m1/s1. The lowest BCUT2D eigenvalue weighted by atomic mass is 9.99. The van der Waals surface area contributed by atoms with Gasteiger partial charge in [0.15, 0.2) is 51.7 Å². The number of rotatable bonds is 19. The number of hydrogen-bond donors (Lipinski definition) is 20. The summed E-state index contributed by atoms with van der Waals surface area (Å²) in [5.74, 6) is -8.16. The van der Waals surface area contributed by atoms with Gasteiger partial charge >= 0.3 is 23.3 Å². The quantitative estimate of drug-likeness (QED) is 0.0162. The molecule has 0 radical (unpaired) electrons. The summed E-state index contributed by atoms with van der Waals surface area (Å²) in [4.78, 5) is 25.6. The lowest BCUT2D eigenvalue weighted by molar-refractivity contribution is -0.278. The van der Waals surface area contributed by atoms with Crippen molar-refractivity contribution in [3.8, 4) is 68.8 Å². The fourth-order valence-electron chi connectivity index (χ4n) is 9.61. The number of ether oxygens (including phenoxy) is 10. The van der Waals surface area contributed by atoms with Gasteiger partial charge in [0.1, 0.15) is 111 Å². The smallest absolute Gasteiger partial charge is 0.402 e. The summed E-state index contributed by atoms with van der Waals surface area (Å²) in [5, 5.41) is 208. The summed E-state index contributed by atoms with van der Waals surface area (Å²) in [6, 6.07) is 12.5. The molecule has 4 aliphatic rings. The zero-order valence-electron chi connectivity index (χ0n) is 46.3. The Morgan fingerprint density at radius 1 is 0.411 bits per heavy atom. The Morgan fingerprint density at radius 3 is 1.17 bits per heavy atom. The van der Waals surface area contributed by atoms with Gasteiger partial charge in [-0.2, -0.15) is 0 Å². The van der Waals surface area contributed by atoms with Gasteiger partial charge in [-0.15, -0.1) is 0 Å². The minimum Gasteiger partial charge on any atom is -0.504 e. The lowest BCUT2D eigenvalue weighted by Crippen LogP contribution is -2.60. The zero-order chi connectivity index (χ0) is 65.2. The molecule has 9 rings (SSSR count). The summed E-state index contributed by atoms with van der Waals surface area (Å²) in [7, 11) is 0. The Morgan fingerprint density at radius 2 is 0.767 bits per heavy atom. The van der Waals surface area contributed by atoms with Crippen LogP contribution >= 0.6 is 0 Å². The van der Waals surface area contributed by atoms with Gasteiger partial charge in [-0.05, 0) is 47.5 Å². The maximum absolute atomic E-state index is 12.9. The van der Waals surface area contributed by atoms with Gasteiger partial charge in [0.2, 0.25) is 30.9 Å². The van der Waals surface area contributed by atoms with Gasteiger partial charge < -0.3 is 149 Å². The van der Waals surface area contributed by atoms with E-state index < -0.39 is 201 Å². The van der Waals surface area contributed by atoms with E-state index in [9.17, 15) is 112 Å². The van der Waals surface area contributed by atoms with Crippen molar-refractivity contribution in [3.05, 3.63) is 90.0 Å². The van der Waals surface area contributed by atoms with Crippen LogP contribution in [0, 0.1) is 0 Å². The second-order valence-electron chi connectivity index (χ2n) is 20.9. The van der Waals surface area contributed by atoms with E-state index in [4.69, 9.17) is 51.8 Å². The van der Waals surface area contributed by atoms with Crippen molar-refractivity contribution < 1.29 is 164 Å². The SMILES string of the molecule is O=C(/C=C/c1ccc(O[C@@H]2O[C@H](CO)[C@@H](O)[C@H](O)[C@H]2O)c(O)c1)OC[C@H]1O[C@@H](Oc2ccc(/C=C/C(=O)OC[C@H]3O[C@@H](Oc4cc5cc(O[C@@H]6O[C@H](CO)[C@@H](O)[C@H](O)[C@H]6O)c(-c6cc(O)c(O)c(O)c6)[o+]c5cc4O)[C@H](O)[C@@H](O)[C@@H]3O)cc2O)[C@H](O)[C@@H](O)[C@@H]1O. The second-order valence-corrected chi connectivity index (χ2v) is 20.9. The number of phenolic OH excluding ortho intramolecular Hbond substituents is 6. The van der Waals surface area contributed by atoms with E-state index in [0.29, 0.717) is 0 Å². The van der Waals surface area contributed by atoms with Crippen LogP contribution in [-0.2, 0) is 38.0 Å². The molecule has 0 spiro atoms. The van der Waals surface area contributed by atoms with Gasteiger partial charge in [0.25, 0.3) is 0 Å². The first-order valence-corrected chi connectivity index (χ1v) is 27.2. The maximum atomic E-state index is 12.9. The summed E-state index contributed by atoms with van der Waals surface area (Å²) < 4.78 is 61.0. The number of aromatic hydroxyl groups is 6. The summed E-state index contributed by atoms with van der Waals surface area (Å²) in [6.45, 7) is -3.03. The third-order valence-electron chi connectivity index (χ3n) is 14.7. The van der Waals surface area contributed by atoms with E-state index in [1.54, 1.807) is 0 Å². The van der Waals surface area contributed by atoms with Crippen molar-refractivity contribution in [2.75, 3.05) is 26.4 Å². The average molecular weight is 1280 g/mol. The molecule has 5 heterocycles. The fraction of sp³-hybridized carbons (Fsp3) is 0.421. The summed E-state index contributed by atoms with van der Waals surface area (Å²) in [5.41, 5.74) is 0.0406. The van der Waals surface area contributed by atoms with Crippen LogP contribution in [0.1, 0.15) is 11.1 Å². The summed E-state index contributed by atoms with van der Waals surface area (Å²) >= 11 is 0. The topological polar surface area (TPSA) is 542 Å². The fourth-order valence-corrected chi connectivity index (χ4v) is 9.61. The average Bonchev–Trinajstić information content (AvgIpc) is 0.888. The Hall–Kier alpha value is -8.01. The number of carbonyl (C=O) groups excluding carboxylic acids is 2. The molecule has 90 heavy (non-hydrogen) atoms. The predicted octanol–water partition coefficient (Wildman–Crippen LogP) is -4.14. The molecule has 4 fully saturated rings. The van der Waals surface area contributed by atoms with Crippen molar-refractivity contribution in [1.82, 2.24) is 0 Å². The molecule has 1 aromatic heterocycles. The summed E-state index contributed by atoms with van der Waals surface area (Å²) in [6.07, 6.45) is -31.0. The minimum atomic E-state index is -2.01. The third-order valence-corrected chi connectivity index (χ3v) is 14.7. The first kappa shape index (κ1) is 66.4. The molecule has 0 aliphatic carbocycles. The van der Waals surface area contributed by atoms with Gasteiger partial charge in [-0.25, -0.2) is 14.0 Å². The molecule has 0 amide bonds. The Balaban J connectivity index is 0.790. The zero-order valence-corrected chi connectivity index (χ0v) is 46.3. The molecule has 4 aromatic carbocycles. The third kappa shape index (κ3) is 14.4. The molecule has 0 unspecified atom stereocenters. The number of hydrogen-bond acceptors (Lipinski definition) is 32. The monoisotopic (exact) mass is 1280 g/mol. The number of benzene rings is 4. The van der Waals surface area contributed by atoms with Crippen LogP contribution in [0.2, 0.25) is 0 Å². The van der Waals surface area contributed by atoms with Crippen molar-refractivity contribution in [3.63, 3.8) is 0 Å². The Bertz CT molecular complexity index is 3390. The highest BCUT2D eigenvalue weighted by atomic mass is 16.7. The number of esters is 2. The highest BCUT2D eigenvalue weighted by Gasteiger charge is 2.49. The van der Waals surface area contributed by atoms with Crippen molar-refractivity contribution in [1.29, 1.82) is 0 Å². The van der Waals surface area contributed by atoms with Crippen molar-refractivity contribution in [2.45, 2.75) is 123 Å². The van der Waals surface area contributed by atoms with Crippen molar-refractivity contribution in [2.24, 2.45) is 0 Å². The molecule has 0 saturated carbocycles. The number of aliphatic hydroxyl groups is 14. The van der Waals surface area contributed by atoms with Gasteiger partial charge in [0.05, 0.1) is 30.2 Å². The number of aliphatic hydroxyl groups excluding tert-OH is 14. The van der Waals surface area contributed by atoms with E-state index in [1.165, 1.54) is 36.4 Å². The molecular weight excluding hydrogens is 1210 g/mol. The predicted molar refractivity (Wildman–Crippen MR) is 292 cm³/mol. The van der Waals surface area contributed by atoms with Crippen LogP contribution in [-0.4, -0.2) is 263 Å². The number of fused-ring (bicyclic) bond motifs is 1. The number of phenols is 6. The van der Waals surface area contributed by atoms with Crippen molar-refractivity contribution >= 4 is 35.1 Å². The molecule has 4 saturated heterocycles. The highest BCUT2D eigenvalue weighted by Crippen LogP contribution is 2.45. The first-order valence-electron chi connectivity index (χ1n) is 27.2. The van der Waals surface area contributed by atoms with Crippen LogP contribution in [0.4, 0.5) is 0 Å². The Labute approximate surface area is 505 Å². The van der Waals surface area contributed by atoms with Crippen LogP contribution in [0.3, 0.4) is 0 Å². The molecule has 33 heteroatoms. The molecule has 0 bridgehead atoms. The van der Waals surface area contributed by atoms with Crippen LogP contribution in [0.5, 0.6) is 57.5 Å². The lowest BCUT2D eigenvalue weighted by Gasteiger charge is -2.39. The molecule has 20 atom stereocenters. The molecular formula is C57H63O33+. The molecule has 4 aliphatic heterocycles.